The molecule has 3 aliphatic rings. The van der Waals surface area contributed by atoms with Gasteiger partial charge in [0.25, 0.3) is 6.71 Å². The predicted molar refractivity (Wildman–Crippen MR) is 331 cm³/mol. The molecule has 11 aromatic rings. The van der Waals surface area contributed by atoms with Crippen molar-refractivity contribution in [2.45, 2.75) is 144 Å². The van der Waals surface area contributed by atoms with Gasteiger partial charge in [0.05, 0.1) is 22.2 Å². The maximum absolute atomic E-state index is 2.74. The monoisotopic (exact) mass is 990 g/mol. The zero-order valence-corrected chi connectivity index (χ0v) is 47.6. The molecule has 4 heterocycles. The summed E-state index contributed by atoms with van der Waals surface area (Å²) in [5.74, 6) is 0. The summed E-state index contributed by atoms with van der Waals surface area (Å²) in [4.78, 5) is 2.54. The minimum absolute atomic E-state index is 0.0167. The lowest BCUT2D eigenvalue weighted by molar-refractivity contribution is 0.590. The number of rotatable bonds is 3. The molecule has 378 valence electrons. The topological polar surface area (TPSA) is 13.1 Å². The highest BCUT2D eigenvalue weighted by Gasteiger charge is 2.44. The van der Waals surface area contributed by atoms with E-state index in [1.54, 1.807) is 0 Å². The third kappa shape index (κ3) is 6.67. The van der Waals surface area contributed by atoms with E-state index in [4.69, 9.17) is 0 Å². The van der Waals surface area contributed by atoms with Crippen molar-refractivity contribution in [3.63, 3.8) is 0 Å². The molecule has 2 aliphatic heterocycles. The van der Waals surface area contributed by atoms with E-state index in [0.29, 0.717) is 0 Å². The van der Waals surface area contributed by atoms with E-state index >= 15 is 0 Å². The molecule has 0 unspecified atom stereocenters. The third-order valence-corrected chi connectivity index (χ3v) is 18.1. The van der Waals surface area contributed by atoms with Gasteiger partial charge in [-0.25, -0.2) is 0 Å². The van der Waals surface area contributed by atoms with Crippen LogP contribution in [0.1, 0.15) is 144 Å². The van der Waals surface area contributed by atoms with Crippen molar-refractivity contribution >= 4 is 111 Å². The molecule has 0 atom stereocenters. The fourth-order valence-corrected chi connectivity index (χ4v) is 13.8. The Morgan fingerprint density at radius 2 is 0.908 bits per heavy atom. The molecule has 2 aromatic heterocycles. The quantitative estimate of drug-likeness (QED) is 0.161. The summed E-state index contributed by atoms with van der Waals surface area (Å²) in [5, 5.41) is 12.4. The van der Waals surface area contributed by atoms with Crippen LogP contribution in [0, 0.1) is 0 Å². The van der Waals surface area contributed by atoms with Gasteiger partial charge in [0.2, 0.25) is 0 Å². The zero-order chi connectivity index (χ0) is 53.1. The van der Waals surface area contributed by atoms with Gasteiger partial charge >= 0.3 is 0 Å². The van der Waals surface area contributed by atoms with Crippen molar-refractivity contribution in [1.82, 2.24) is 9.13 Å². The molecule has 0 radical (unpaired) electrons. The van der Waals surface area contributed by atoms with Gasteiger partial charge in [0.15, 0.2) is 0 Å². The van der Waals surface area contributed by atoms with Crippen molar-refractivity contribution < 1.29 is 0 Å². The van der Waals surface area contributed by atoms with E-state index in [1.165, 1.54) is 132 Å². The highest BCUT2D eigenvalue weighted by molar-refractivity contribution is 7.02. The van der Waals surface area contributed by atoms with E-state index < -0.39 is 0 Å². The van der Waals surface area contributed by atoms with Crippen LogP contribution in [0.5, 0.6) is 0 Å². The molecule has 14 rings (SSSR count). The highest BCUT2D eigenvalue weighted by Crippen LogP contribution is 2.48. The van der Waals surface area contributed by atoms with Crippen molar-refractivity contribution in [1.29, 1.82) is 0 Å². The molecule has 0 amide bonds. The average molecular weight is 990 g/mol. The molecule has 0 N–H and O–H groups in total. The smallest absolute Gasteiger partial charge is 0.253 e. The van der Waals surface area contributed by atoms with Gasteiger partial charge in [-0.1, -0.05) is 183 Å². The first-order chi connectivity index (χ1) is 35.9. The SMILES string of the molecule is CC(C)(C)c1ccc(N(c2ccc(C(C)(C)C)cc2)c2cc3c4c(c2)-n2c5cc(C(C)(C)C)ccc5c5c6ccc7c8c(ccc(c(c52)B4c2cc(C(C)(C)C)cc4c5cc(C(C)(C)C)ccc5n-3c24)c86)CCC=7)cc1. The van der Waals surface area contributed by atoms with Crippen molar-refractivity contribution in [3.8, 4) is 11.4 Å². The molecule has 0 saturated carbocycles. The number of fused-ring (bicyclic) bond motifs is 12. The molecule has 3 nitrogen and oxygen atoms in total. The Morgan fingerprint density at radius 3 is 1.51 bits per heavy atom. The minimum atomic E-state index is -0.0855. The van der Waals surface area contributed by atoms with Crippen LogP contribution in [0.15, 0.2) is 133 Å². The second-order valence-corrected chi connectivity index (χ2v) is 28.2. The van der Waals surface area contributed by atoms with Gasteiger partial charge in [0, 0.05) is 49.8 Å². The summed E-state index contributed by atoms with van der Waals surface area (Å²) in [6, 6.07) is 53.9. The van der Waals surface area contributed by atoms with Gasteiger partial charge in [-0.05, 0) is 177 Å². The summed E-state index contributed by atoms with van der Waals surface area (Å²) in [6.45, 7) is 35.2. The standard InChI is InChI=1S/C72H72BN3/c1-68(2,3)43-21-27-48(28-22-43)74(49-29-23-44(24-30-49)69(4,5)6)50-39-59-65-60(40-50)76-58-38-46(71(10,11)12)25-33-51(58)63-52-31-19-41-17-16-18-42-20-32-53(62(52)61(41)42)64(67(63)76)73(65)56-37-47(72(13,14)15)36-55-54-35-45(70(7,8)9)26-34-57(54)75(59)66(55)56/h17,19-40H,16,18H2,1-15H3. The average Bonchev–Trinajstić information content (AvgIpc) is 3.91. The number of nitrogens with zero attached hydrogens (tertiary/aromatic N) is 3. The van der Waals surface area contributed by atoms with Crippen LogP contribution < -0.4 is 26.5 Å². The van der Waals surface area contributed by atoms with Gasteiger partial charge in [-0.2, -0.15) is 0 Å². The largest absolute Gasteiger partial charge is 0.310 e. The number of anilines is 3. The van der Waals surface area contributed by atoms with Crippen LogP contribution in [0.2, 0.25) is 0 Å². The summed E-state index contributed by atoms with van der Waals surface area (Å²) in [5.41, 5.74) is 23.5. The summed E-state index contributed by atoms with van der Waals surface area (Å²) in [7, 11) is 0. The van der Waals surface area contributed by atoms with Gasteiger partial charge in [0.1, 0.15) is 0 Å². The molecule has 1 aliphatic carbocycles. The van der Waals surface area contributed by atoms with E-state index in [1.807, 2.05) is 0 Å². The fraction of sp³-hybridized carbons (Fsp3) is 0.306. The fourth-order valence-electron chi connectivity index (χ4n) is 13.8. The molecule has 76 heavy (non-hydrogen) atoms. The second-order valence-electron chi connectivity index (χ2n) is 28.2. The summed E-state index contributed by atoms with van der Waals surface area (Å²) < 4.78 is 5.44. The van der Waals surface area contributed by atoms with Gasteiger partial charge in [-0.15, -0.1) is 0 Å². The van der Waals surface area contributed by atoms with Crippen molar-refractivity contribution in [2.24, 2.45) is 0 Å². The Balaban J connectivity index is 1.21. The number of hydrogen-bond donors (Lipinski definition) is 0. The molecule has 0 saturated heterocycles. The number of aryl methyl sites for hydroxylation is 1. The second kappa shape index (κ2) is 15.3. The lowest BCUT2D eigenvalue weighted by Gasteiger charge is -2.37. The number of aromatic nitrogens is 2. The Morgan fingerprint density at radius 1 is 0.382 bits per heavy atom. The number of benzene rings is 9. The molecule has 4 heteroatoms. The third-order valence-electron chi connectivity index (χ3n) is 18.1. The van der Waals surface area contributed by atoms with Crippen molar-refractivity contribution in [3.05, 3.63) is 172 Å². The lowest BCUT2D eigenvalue weighted by Crippen LogP contribution is -2.60. The van der Waals surface area contributed by atoms with Crippen molar-refractivity contribution in [2.75, 3.05) is 4.90 Å². The molecule has 9 aromatic carbocycles. The molecular formula is C72H72BN3. The van der Waals surface area contributed by atoms with Gasteiger partial charge < -0.3 is 14.0 Å². The maximum Gasteiger partial charge on any atom is 0.253 e. The lowest BCUT2D eigenvalue weighted by atomic mass is 9.33. The summed E-state index contributed by atoms with van der Waals surface area (Å²) >= 11 is 0. The normalized spacial score (nSPS) is 14.5. The van der Waals surface area contributed by atoms with Crippen LogP contribution in [0.25, 0.3) is 82.6 Å². The minimum Gasteiger partial charge on any atom is -0.310 e. The Hall–Kier alpha value is -7.04. The highest BCUT2D eigenvalue weighted by atomic mass is 15.2. The van der Waals surface area contributed by atoms with Crippen LogP contribution in [0.4, 0.5) is 17.1 Å². The van der Waals surface area contributed by atoms with E-state index in [-0.39, 0.29) is 33.8 Å². The predicted octanol–water partition coefficient (Wildman–Crippen LogP) is 16.7. The molecular weight excluding hydrogens is 918 g/mol. The van der Waals surface area contributed by atoms with E-state index in [0.717, 1.165) is 29.9 Å². The number of hydrogen-bond acceptors (Lipinski definition) is 1. The van der Waals surface area contributed by atoms with Crippen LogP contribution in [-0.4, -0.2) is 15.8 Å². The van der Waals surface area contributed by atoms with E-state index in [9.17, 15) is 0 Å². The first-order valence-corrected chi connectivity index (χ1v) is 28.2. The zero-order valence-electron chi connectivity index (χ0n) is 47.6. The molecule has 0 spiro atoms. The van der Waals surface area contributed by atoms with E-state index in [2.05, 4.69) is 257 Å². The van der Waals surface area contributed by atoms with Crippen LogP contribution >= 0.6 is 0 Å². The van der Waals surface area contributed by atoms with Crippen LogP contribution in [-0.2, 0) is 33.5 Å². The molecule has 0 fully saturated rings. The molecule has 0 bridgehead atoms. The first kappa shape index (κ1) is 47.4. The Bertz CT molecular complexity index is 4330. The maximum atomic E-state index is 2.74. The first-order valence-electron chi connectivity index (χ1n) is 28.2. The summed E-state index contributed by atoms with van der Waals surface area (Å²) in [6.07, 6.45) is 4.65. The Kier molecular flexibility index (Phi) is 9.57. The Labute approximate surface area is 450 Å². The van der Waals surface area contributed by atoms with Gasteiger partial charge in [-0.3, -0.25) is 0 Å². The van der Waals surface area contributed by atoms with Crippen LogP contribution in [0.3, 0.4) is 0 Å².